The predicted molar refractivity (Wildman–Crippen MR) is 184 cm³/mol. The lowest BCUT2D eigenvalue weighted by molar-refractivity contribution is -0.137. The summed E-state index contributed by atoms with van der Waals surface area (Å²) in [5.41, 5.74) is 6.17. The monoisotopic (exact) mass is 653 g/mol. The van der Waals surface area contributed by atoms with E-state index in [4.69, 9.17) is 14.6 Å². The van der Waals surface area contributed by atoms with Crippen LogP contribution in [0.15, 0.2) is 66.7 Å². The fourth-order valence-electron chi connectivity index (χ4n) is 6.34. The van der Waals surface area contributed by atoms with E-state index in [-0.39, 0.29) is 35.3 Å². The molecule has 1 fully saturated rings. The third-order valence-electron chi connectivity index (χ3n) is 8.81. The first-order chi connectivity index (χ1) is 22.7. The van der Waals surface area contributed by atoms with Crippen molar-refractivity contribution in [3.63, 3.8) is 0 Å². The Labute approximate surface area is 279 Å². The number of hydrogen-bond donors (Lipinski definition) is 0. The first kappa shape index (κ1) is 32.2. The van der Waals surface area contributed by atoms with Gasteiger partial charge >= 0.3 is 0 Å². The highest BCUT2D eigenvalue weighted by Crippen LogP contribution is 2.51. The van der Waals surface area contributed by atoms with E-state index < -0.39 is 0 Å². The molecule has 6 rings (SSSR count). The standard InChI is InChI=1S/C36H39N5O5S/c1-23-11-13-29(24(2)19-23)41-36-33(34(37-41)26-9-7-6-8-10-26)35(28-20-27(45-4)12-14-30(28)46-5)47-22-32(44)40(36)21-31(43)39-17-15-38(16-18-39)25(3)42/h6-14,19-20,35H,15-18,21-22H2,1-5H3/t35-/m0/s1. The van der Waals surface area contributed by atoms with E-state index in [2.05, 4.69) is 6.07 Å². The van der Waals surface area contributed by atoms with Gasteiger partial charge in [-0.1, -0.05) is 48.0 Å². The van der Waals surface area contributed by atoms with Crippen molar-refractivity contribution in [2.75, 3.05) is 57.6 Å². The van der Waals surface area contributed by atoms with Gasteiger partial charge in [-0.05, 0) is 43.7 Å². The molecular weight excluding hydrogens is 614 g/mol. The molecule has 0 saturated carbocycles. The van der Waals surface area contributed by atoms with Crippen molar-refractivity contribution in [1.82, 2.24) is 19.6 Å². The van der Waals surface area contributed by atoms with Gasteiger partial charge in [0.1, 0.15) is 23.9 Å². The predicted octanol–water partition coefficient (Wildman–Crippen LogP) is 5.03. The van der Waals surface area contributed by atoms with Crippen LogP contribution in [-0.2, 0) is 14.4 Å². The summed E-state index contributed by atoms with van der Waals surface area (Å²) in [7, 11) is 3.25. The number of aromatic nitrogens is 2. The van der Waals surface area contributed by atoms with Crippen molar-refractivity contribution < 1.29 is 23.9 Å². The van der Waals surface area contributed by atoms with Crippen molar-refractivity contribution in [2.45, 2.75) is 26.0 Å². The largest absolute Gasteiger partial charge is 0.497 e. The Morgan fingerprint density at radius 1 is 0.915 bits per heavy atom. The molecular formula is C36H39N5O5S. The van der Waals surface area contributed by atoms with E-state index in [0.29, 0.717) is 49.2 Å². The first-order valence-electron chi connectivity index (χ1n) is 15.6. The summed E-state index contributed by atoms with van der Waals surface area (Å²) in [6.07, 6.45) is 0. The Balaban J connectivity index is 1.57. The number of aryl methyl sites for hydroxylation is 2. The van der Waals surface area contributed by atoms with Crippen LogP contribution in [0.2, 0.25) is 0 Å². The Kier molecular flexibility index (Phi) is 9.26. The molecule has 0 radical (unpaired) electrons. The van der Waals surface area contributed by atoms with Crippen LogP contribution in [0.4, 0.5) is 5.82 Å². The summed E-state index contributed by atoms with van der Waals surface area (Å²) in [4.78, 5) is 45.2. The summed E-state index contributed by atoms with van der Waals surface area (Å²) >= 11 is 1.48. The molecule has 1 atom stereocenters. The Morgan fingerprint density at radius 2 is 1.64 bits per heavy atom. The number of benzene rings is 3. The average Bonchev–Trinajstić information content (AvgIpc) is 3.40. The number of carbonyl (C=O) groups excluding carboxylic acids is 3. The first-order valence-corrected chi connectivity index (χ1v) is 16.7. The summed E-state index contributed by atoms with van der Waals surface area (Å²) in [6.45, 7) is 7.21. The molecule has 4 aromatic rings. The van der Waals surface area contributed by atoms with Gasteiger partial charge in [0.15, 0.2) is 0 Å². The molecule has 1 aromatic heterocycles. The van der Waals surface area contributed by atoms with Gasteiger partial charge < -0.3 is 19.3 Å². The Bertz CT molecular complexity index is 1820. The second-order valence-electron chi connectivity index (χ2n) is 11.8. The smallest absolute Gasteiger partial charge is 0.242 e. The number of thioether (sulfide) groups is 1. The van der Waals surface area contributed by atoms with Crippen molar-refractivity contribution >= 4 is 35.3 Å². The van der Waals surface area contributed by atoms with Gasteiger partial charge in [-0.25, -0.2) is 4.68 Å². The minimum Gasteiger partial charge on any atom is -0.497 e. The van der Waals surface area contributed by atoms with Crippen LogP contribution in [-0.4, -0.2) is 90.0 Å². The molecule has 2 aliphatic rings. The lowest BCUT2D eigenvalue weighted by Crippen LogP contribution is -2.53. The van der Waals surface area contributed by atoms with Crippen molar-refractivity contribution in [3.8, 4) is 28.4 Å². The maximum atomic E-state index is 14.2. The van der Waals surface area contributed by atoms with Gasteiger partial charge in [-0.3, -0.25) is 19.3 Å². The Hall–Kier alpha value is -4.77. The maximum Gasteiger partial charge on any atom is 0.242 e. The summed E-state index contributed by atoms with van der Waals surface area (Å²) < 4.78 is 13.3. The second kappa shape index (κ2) is 13.5. The highest BCUT2D eigenvalue weighted by atomic mass is 32.2. The number of nitrogens with zero attached hydrogens (tertiary/aromatic N) is 5. The van der Waals surface area contributed by atoms with E-state index in [9.17, 15) is 14.4 Å². The molecule has 10 nitrogen and oxygen atoms in total. The normalized spacial score (nSPS) is 16.5. The van der Waals surface area contributed by atoms with Gasteiger partial charge in [0.05, 0.1) is 36.6 Å². The van der Waals surface area contributed by atoms with Crippen LogP contribution >= 0.6 is 11.8 Å². The lowest BCUT2D eigenvalue weighted by Gasteiger charge is -2.35. The zero-order chi connectivity index (χ0) is 33.2. The maximum absolute atomic E-state index is 14.2. The van der Waals surface area contributed by atoms with Crippen LogP contribution in [0.25, 0.3) is 16.9 Å². The fourth-order valence-corrected chi connectivity index (χ4v) is 7.55. The summed E-state index contributed by atoms with van der Waals surface area (Å²) in [5, 5.41) is 4.86. The molecule has 0 spiro atoms. The highest BCUT2D eigenvalue weighted by molar-refractivity contribution is 8.00. The lowest BCUT2D eigenvalue weighted by atomic mass is 9.98. The molecule has 0 aliphatic carbocycles. The molecule has 244 valence electrons. The number of hydrogen-bond acceptors (Lipinski definition) is 7. The number of rotatable bonds is 7. The van der Waals surface area contributed by atoms with Crippen LogP contribution in [0, 0.1) is 13.8 Å². The molecule has 47 heavy (non-hydrogen) atoms. The van der Waals surface area contributed by atoms with E-state index in [1.54, 1.807) is 35.8 Å². The number of piperazine rings is 1. The quantitative estimate of drug-likeness (QED) is 0.276. The zero-order valence-corrected chi connectivity index (χ0v) is 28.2. The number of amides is 3. The van der Waals surface area contributed by atoms with Crippen molar-refractivity contribution in [1.29, 1.82) is 0 Å². The van der Waals surface area contributed by atoms with Crippen LogP contribution < -0.4 is 14.4 Å². The van der Waals surface area contributed by atoms with Crippen molar-refractivity contribution in [2.24, 2.45) is 0 Å². The zero-order valence-electron chi connectivity index (χ0n) is 27.4. The van der Waals surface area contributed by atoms with E-state index in [1.165, 1.54) is 11.8 Å². The van der Waals surface area contributed by atoms with E-state index >= 15 is 0 Å². The molecule has 0 N–H and O–H groups in total. The number of methoxy groups -OCH3 is 2. The molecule has 1 saturated heterocycles. The van der Waals surface area contributed by atoms with Crippen LogP contribution in [0.3, 0.4) is 0 Å². The van der Waals surface area contributed by atoms with Gasteiger partial charge in [0.2, 0.25) is 17.7 Å². The minimum absolute atomic E-state index is 0.00807. The van der Waals surface area contributed by atoms with Gasteiger partial charge in [-0.15, -0.1) is 11.8 Å². The van der Waals surface area contributed by atoms with Crippen LogP contribution in [0.5, 0.6) is 11.5 Å². The fraction of sp³-hybridized carbons (Fsp3) is 0.333. The number of anilines is 1. The van der Waals surface area contributed by atoms with Gasteiger partial charge in [0, 0.05) is 49.8 Å². The molecule has 3 amide bonds. The van der Waals surface area contributed by atoms with E-state index in [0.717, 1.165) is 33.5 Å². The third kappa shape index (κ3) is 6.32. The number of carbonyl (C=O) groups is 3. The van der Waals surface area contributed by atoms with Crippen LogP contribution in [0.1, 0.15) is 34.4 Å². The molecule has 0 bridgehead atoms. The van der Waals surface area contributed by atoms with E-state index in [1.807, 2.05) is 79.2 Å². The van der Waals surface area contributed by atoms with Gasteiger partial charge in [-0.2, -0.15) is 5.10 Å². The molecule has 3 aromatic carbocycles. The Morgan fingerprint density at radius 3 is 2.30 bits per heavy atom. The third-order valence-corrected chi connectivity index (χ3v) is 10.0. The topological polar surface area (TPSA) is 97.2 Å². The molecule has 3 heterocycles. The summed E-state index contributed by atoms with van der Waals surface area (Å²) in [6, 6.07) is 21.7. The molecule has 11 heteroatoms. The second-order valence-corrected chi connectivity index (χ2v) is 12.9. The molecule has 2 aliphatic heterocycles. The summed E-state index contributed by atoms with van der Waals surface area (Å²) in [5.74, 6) is 1.63. The van der Waals surface area contributed by atoms with Gasteiger partial charge in [0.25, 0.3) is 0 Å². The molecule has 0 unspecified atom stereocenters. The minimum atomic E-state index is -0.382. The highest BCUT2D eigenvalue weighted by Gasteiger charge is 2.39. The average molecular weight is 654 g/mol. The number of fused-ring (bicyclic) bond motifs is 1. The SMILES string of the molecule is COc1ccc(OC)c([C@@H]2SCC(=O)N(CC(=O)N3CCN(C(C)=O)CC3)c3c2c(-c2ccccc2)nn3-c2ccc(C)cc2C)c1. The number of ether oxygens (including phenoxy) is 2. The van der Waals surface area contributed by atoms with Crippen molar-refractivity contribution in [3.05, 3.63) is 89.0 Å².